The highest BCUT2D eigenvalue weighted by Gasteiger charge is 2.45. The zero-order chi connectivity index (χ0) is 29.7. The number of carbonyl (C=O) groups is 3. The summed E-state index contributed by atoms with van der Waals surface area (Å²) in [4.78, 5) is 45.6. The molecule has 40 heavy (non-hydrogen) atoms. The number of hydrogen-bond donors (Lipinski definition) is 0. The number of methoxy groups -OCH3 is 2. The summed E-state index contributed by atoms with van der Waals surface area (Å²) in [6.45, 7) is 13.4. The number of anilines is 1. The van der Waals surface area contributed by atoms with E-state index in [9.17, 15) is 14.4 Å². The van der Waals surface area contributed by atoms with Gasteiger partial charge in [0.1, 0.15) is 11.4 Å². The van der Waals surface area contributed by atoms with E-state index >= 15 is 0 Å². The van der Waals surface area contributed by atoms with Gasteiger partial charge in [-0.05, 0) is 85.4 Å². The second-order valence-corrected chi connectivity index (χ2v) is 12.1. The van der Waals surface area contributed by atoms with Gasteiger partial charge in [-0.3, -0.25) is 9.59 Å². The molecule has 1 unspecified atom stereocenters. The molecule has 0 bridgehead atoms. The van der Waals surface area contributed by atoms with E-state index in [1.165, 1.54) is 7.11 Å². The van der Waals surface area contributed by atoms with Gasteiger partial charge in [0.2, 0.25) is 5.60 Å². The van der Waals surface area contributed by atoms with Crippen molar-refractivity contribution in [3.8, 4) is 5.75 Å². The molecule has 1 fully saturated rings. The third kappa shape index (κ3) is 7.46. The second kappa shape index (κ2) is 13.2. The monoisotopic (exact) mass is 561 g/mol. The van der Waals surface area contributed by atoms with Crippen molar-refractivity contribution in [1.82, 2.24) is 9.80 Å². The average Bonchev–Trinajstić information content (AvgIpc) is 2.87. The first-order chi connectivity index (χ1) is 18.8. The van der Waals surface area contributed by atoms with E-state index in [0.29, 0.717) is 43.2 Å². The third-order valence-electron chi connectivity index (χ3n) is 7.16. The molecule has 224 valence electrons. The number of fused-ring (bicyclic) bond motifs is 1. The minimum Gasteiger partial charge on any atom is -0.473 e. The van der Waals surface area contributed by atoms with Crippen LogP contribution in [0.5, 0.6) is 5.75 Å². The number of piperidine rings is 1. The molecule has 3 rings (SSSR count). The van der Waals surface area contributed by atoms with E-state index in [0.717, 1.165) is 25.7 Å². The van der Waals surface area contributed by atoms with E-state index in [1.807, 2.05) is 39.5 Å². The zero-order valence-electron chi connectivity index (χ0n) is 25.5. The van der Waals surface area contributed by atoms with Crippen LogP contribution in [0.4, 0.5) is 10.5 Å². The summed E-state index contributed by atoms with van der Waals surface area (Å²) in [6, 6.07) is 5.01. The first-order valence-corrected chi connectivity index (χ1v) is 14.2. The van der Waals surface area contributed by atoms with Crippen molar-refractivity contribution in [2.75, 3.05) is 52.0 Å². The second-order valence-electron chi connectivity index (χ2n) is 12.1. The number of rotatable bonds is 10. The van der Waals surface area contributed by atoms with Crippen LogP contribution in [0.3, 0.4) is 0 Å². The third-order valence-corrected chi connectivity index (χ3v) is 7.16. The van der Waals surface area contributed by atoms with Crippen molar-refractivity contribution in [2.24, 2.45) is 0 Å². The van der Waals surface area contributed by atoms with E-state index in [1.54, 1.807) is 42.0 Å². The van der Waals surface area contributed by atoms with Crippen LogP contribution in [-0.4, -0.2) is 98.1 Å². The number of amides is 3. The van der Waals surface area contributed by atoms with Crippen LogP contribution < -0.4 is 9.64 Å². The Kier molecular flexibility index (Phi) is 10.5. The fourth-order valence-corrected chi connectivity index (χ4v) is 5.38. The number of likely N-dealkylation sites (tertiary alicyclic amines) is 1. The standard InChI is InChI=1S/C30H47N3O7/c1-21(2)33(23-12-11-15-31(19-23)28(36)40-29(3,4)5)26(34)22-13-14-25-24(18-22)32(16-9-10-17-37-7)27(35)30(6,39-25)20-38-8/h13-14,18,21,23H,9-12,15-17,19-20H2,1-8H3/t23-,30?/m1/s1. The molecule has 1 aromatic rings. The van der Waals surface area contributed by atoms with E-state index in [4.69, 9.17) is 18.9 Å². The maximum atomic E-state index is 14.0. The van der Waals surface area contributed by atoms with E-state index < -0.39 is 11.2 Å². The summed E-state index contributed by atoms with van der Waals surface area (Å²) in [7, 11) is 3.19. The average molecular weight is 562 g/mol. The molecule has 3 amide bonds. The quantitative estimate of drug-likeness (QED) is 0.388. The van der Waals surface area contributed by atoms with Crippen LogP contribution in [-0.2, 0) is 19.0 Å². The van der Waals surface area contributed by atoms with Crippen LogP contribution in [0.15, 0.2) is 18.2 Å². The van der Waals surface area contributed by atoms with Gasteiger partial charge in [-0.2, -0.15) is 0 Å². The molecular formula is C30H47N3O7. The van der Waals surface area contributed by atoms with Crippen LogP contribution in [0.25, 0.3) is 0 Å². The Morgan fingerprint density at radius 3 is 2.52 bits per heavy atom. The summed E-state index contributed by atoms with van der Waals surface area (Å²) in [5.74, 6) is 0.183. The summed E-state index contributed by atoms with van der Waals surface area (Å²) in [5.41, 5.74) is -0.708. The predicted molar refractivity (Wildman–Crippen MR) is 153 cm³/mol. The first-order valence-electron chi connectivity index (χ1n) is 14.2. The number of unbranched alkanes of at least 4 members (excludes halogenated alkanes) is 1. The molecule has 1 saturated heterocycles. The summed E-state index contributed by atoms with van der Waals surface area (Å²) in [6.07, 6.45) is 2.74. The zero-order valence-corrected chi connectivity index (χ0v) is 25.5. The van der Waals surface area contributed by atoms with Crippen molar-refractivity contribution in [2.45, 2.75) is 90.5 Å². The highest BCUT2D eigenvalue weighted by Crippen LogP contribution is 2.39. The lowest BCUT2D eigenvalue weighted by Crippen LogP contribution is -2.57. The number of benzene rings is 1. The summed E-state index contributed by atoms with van der Waals surface area (Å²) in [5, 5.41) is 0. The van der Waals surface area contributed by atoms with Gasteiger partial charge < -0.3 is 33.6 Å². The number of hydrogen-bond acceptors (Lipinski definition) is 7. The van der Waals surface area contributed by atoms with E-state index in [-0.39, 0.29) is 36.6 Å². The molecule has 0 aromatic heterocycles. The van der Waals surface area contributed by atoms with Crippen molar-refractivity contribution in [1.29, 1.82) is 0 Å². The highest BCUT2D eigenvalue weighted by atomic mass is 16.6. The predicted octanol–water partition coefficient (Wildman–Crippen LogP) is 4.49. The van der Waals surface area contributed by atoms with E-state index in [2.05, 4.69) is 0 Å². The Bertz CT molecular complexity index is 1050. The number of ether oxygens (including phenoxy) is 4. The Morgan fingerprint density at radius 1 is 1.18 bits per heavy atom. The normalized spacial score (nSPS) is 21.2. The smallest absolute Gasteiger partial charge is 0.410 e. The molecule has 10 heteroatoms. The van der Waals surface area contributed by atoms with Gasteiger partial charge in [-0.1, -0.05) is 0 Å². The van der Waals surface area contributed by atoms with Gasteiger partial charge in [0.25, 0.3) is 11.8 Å². The Balaban J connectivity index is 1.89. The van der Waals surface area contributed by atoms with Crippen molar-refractivity contribution >= 4 is 23.6 Å². The topological polar surface area (TPSA) is 97.8 Å². The lowest BCUT2D eigenvalue weighted by Gasteiger charge is -2.42. The summed E-state index contributed by atoms with van der Waals surface area (Å²) >= 11 is 0. The van der Waals surface area contributed by atoms with Gasteiger partial charge in [0.15, 0.2) is 0 Å². The minimum absolute atomic E-state index is 0.0971. The van der Waals surface area contributed by atoms with Gasteiger partial charge in [0.05, 0.1) is 18.3 Å². The van der Waals surface area contributed by atoms with Gasteiger partial charge in [-0.25, -0.2) is 4.79 Å². The largest absolute Gasteiger partial charge is 0.473 e. The Hall–Kier alpha value is -2.85. The molecule has 0 aliphatic carbocycles. The van der Waals surface area contributed by atoms with Gasteiger partial charge in [0, 0.05) is 52.1 Å². The van der Waals surface area contributed by atoms with Crippen molar-refractivity contribution in [3.05, 3.63) is 23.8 Å². The minimum atomic E-state index is -1.16. The lowest BCUT2D eigenvalue weighted by molar-refractivity contribution is -0.138. The molecule has 2 aliphatic rings. The molecule has 2 heterocycles. The summed E-state index contributed by atoms with van der Waals surface area (Å²) < 4.78 is 22.2. The van der Waals surface area contributed by atoms with Crippen molar-refractivity contribution < 1.29 is 33.3 Å². The SMILES string of the molecule is COCCCCN1C(=O)C(C)(COC)Oc2ccc(C(=O)N(C(C)C)[C@@H]3CCCN(C(=O)OC(C)(C)C)C3)cc21. The Labute approximate surface area is 238 Å². The molecule has 1 aromatic carbocycles. The van der Waals surface area contributed by atoms with Crippen LogP contribution in [0.1, 0.15) is 77.6 Å². The van der Waals surface area contributed by atoms with Gasteiger partial charge in [-0.15, -0.1) is 0 Å². The van der Waals surface area contributed by atoms with Gasteiger partial charge >= 0.3 is 6.09 Å². The Morgan fingerprint density at radius 2 is 1.90 bits per heavy atom. The highest BCUT2D eigenvalue weighted by molar-refractivity contribution is 6.04. The molecule has 0 radical (unpaired) electrons. The maximum absolute atomic E-state index is 14.0. The number of nitrogens with zero attached hydrogens (tertiary/aromatic N) is 3. The van der Waals surface area contributed by atoms with Crippen LogP contribution in [0, 0.1) is 0 Å². The number of carbonyl (C=O) groups excluding carboxylic acids is 3. The van der Waals surface area contributed by atoms with Crippen LogP contribution in [0.2, 0.25) is 0 Å². The fraction of sp³-hybridized carbons (Fsp3) is 0.700. The first kappa shape index (κ1) is 31.7. The fourth-order valence-electron chi connectivity index (χ4n) is 5.38. The molecule has 0 spiro atoms. The van der Waals surface area contributed by atoms with Crippen molar-refractivity contribution in [3.63, 3.8) is 0 Å². The molecule has 2 aliphatic heterocycles. The molecule has 10 nitrogen and oxygen atoms in total. The molecule has 0 N–H and O–H groups in total. The lowest BCUT2D eigenvalue weighted by atomic mass is 9.99. The molecule has 2 atom stereocenters. The molecular weight excluding hydrogens is 514 g/mol. The van der Waals surface area contributed by atoms with Crippen LogP contribution >= 0.6 is 0 Å². The molecule has 0 saturated carbocycles. The maximum Gasteiger partial charge on any atom is 0.410 e.